The van der Waals surface area contributed by atoms with Gasteiger partial charge in [0.15, 0.2) is 0 Å². The van der Waals surface area contributed by atoms with Crippen LogP contribution in [-0.4, -0.2) is 34.5 Å². The van der Waals surface area contributed by atoms with E-state index in [0.29, 0.717) is 11.6 Å². The summed E-state index contributed by atoms with van der Waals surface area (Å²) in [5, 5.41) is 4.92. The molecule has 0 saturated heterocycles. The molecule has 0 saturated carbocycles. The third-order valence-corrected chi connectivity index (χ3v) is 4.28. The zero-order chi connectivity index (χ0) is 17.3. The highest BCUT2D eigenvalue weighted by atomic mass is 35.5. The zero-order valence-corrected chi connectivity index (χ0v) is 14.6. The molecule has 3 aromatic rings. The first kappa shape index (κ1) is 16.3. The standard InChI is InChI=1S/C18H19ClN4O/c1-12-5-4-6-14(19)17(12)21-18-13-8-10-23(11-16(24)22(2)3)15(13)7-9-20-18/h4-10H,11H2,1-3H3,(H,20,21). The van der Waals surface area contributed by atoms with Crippen molar-refractivity contribution in [3.63, 3.8) is 0 Å². The van der Waals surface area contributed by atoms with Crippen molar-refractivity contribution in [3.8, 4) is 0 Å². The van der Waals surface area contributed by atoms with Gasteiger partial charge in [-0.15, -0.1) is 0 Å². The molecule has 0 unspecified atom stereocenters. The van der Waals surface area contributed by atoms with Crippen LogP contribution in [0.15, 0.2) is 42.7 Å². The number of benzene rings is 1. The molecule has 2 heterocycles. The second-order valence-corrected chi connectivity index (χ2v) is 6.29. The number of amides is 1. The lowest BCUT2D eigenvalue weighted by Crippen LogP contribution is -2.25. The van der Waals surface area contributed by atoms with Gasteiger partial charge in [-0.3, -0.25) is 4.79 Å². The van der Waals surface area contributed by atoms with Crippen LogP contribution in [-0.2, 0) is 11.3 Å². The number of nitrogens with one attached hydrogen (secondary N) is 1. The summed E-state index contributed by atoms with van der Waals surface area (Å²) in [5.41, 5.74) is 2.84. The van der Waals surface area contributed by atoms with Gasteiger partial charge in [-0.1, -0.05) is 23.7 Å². The van der Waals surface area contributed by atoms with Gasteiger partial charge in [0.05, 0.1) is 16.2 Å². The highest BCUT2D eigenvalue weighted by Gasteiger charge is 2.12. The van der Waals surface area contributed by atoms with E-state index in [9.17, 15) is 4.79 Å². The lowest BCUT2D eigenvalue weighted by atomic mass is 10.2. The molecule has 0 atom stereocenters. The smallest absolute Gasteiger partial charge is 0.241 e. The van der Waals surface area contributed by atoms with Crippen molar-refractivity contribution in [2.45, 2.75) is 13.5 Å². The molecule has 0 aliphatic carbocycles. The number of pyridine rings is 1. The van der Waals surface area contributed by atoms with E-state index >= 15 is 0 Å². The van der Waals surface area contributed by atoms with E-state index in [-0.39, 0.29) is 5.91 Å². The van der Waals surface area contributed by atoms with Gasteiger partial charge in [0.2, 0.25) is 5.91 Å². The molecule has 0 bridgehead atoms. The number of likely N-dealkylation sites (N-methyl/N-ethyl adjacent to an activating group) is 1. The Morgan fingerprint density at radius 3 is 2.79 bits per heavy atom. The van der Waals surface area contributed by atoms with Crippen LogP contribution in [0.3, 0.4) is 0 Å². The molecule has 0 radical (unpaired) electrons. The number of aryl methyl sites for hydroxylation is 1. The maximum atomic E-state index is 12.0. The van der Waals surface area contributed by atoms with Crippen molar-refractivity contribution in [3.05, 3.63) is 53.3 Å². The van der Waals surface area contributed by atoms with E-state index in [2.05, 4.69) is 10.3 Å². The van der Waals surface area contributed by atoms with Crippen LogP contribution in [0.1, 0.15) is 5.56 Å². The summed E-state index contributed by atoms with van der Waals surface area (Å²) in [6.07, 6.45) is 3.63. The quantitative estimate of drug-likeness (QED) is 0.784. The summed E-state index contributed by atoms with van der Waals surface area (Å²) in [6, 6.07) is 9.62. The number of rotatable bonds is 4. The molecule has 24 heavy (non-hydrogen) atoms. The average molecular weight is 343 g/mol. The molecular weight excluding hydrogens is 324 g/mol. The molecule has 124 valence electrons. The molecule has 1 aromatic carbocycles. The van der Waals surface area contributed by atoms with Crippen LogP contribution < -0.4 is 5.32 Å². The van der Waals surface area contributed by atoms with Gasteiger partial charge in [0.1, 0.15) is 12.4 Å². The summed E-state index contributed by atoms with van der Waals surface area (Å²) in [5.74, 6) is 0.764. The van der Waals surface area contributed by atoms with Crippen LogP contribution in [0.4, 0.5) is 11.5 Å². The number of nitrogens with zero attached hydrogens (tertiary/aromatic N) is 3. The number of hydrogen-bond donors (Lipinski definition) is 1. The molecule has 5 nitrogen and oxygen atoms in total. The van der Waals surface area contributed by atoms with Gasteiger partial charge in [-0.05, 0) is 30.7 Å². The summed E-state index contributed by atoms with van der Waals surface area (Å²) in [4.78, 5) is 18.0. The number of hydrogen-bond acceptors (Lipinski definition) is 3. The maximum absolute atomic E-state index is 12.0. The van der Waals surface area contributed by atoms with Gasteiger partial charge in [0.25, 0.3) is 0 Å². The first-order valence-corrected chi connectivity index (χ1v) is 8.01. The Balaban J connectivity index is 1.99. The second kappa shape index (κ2) is 6.53. The van der Waals surface area contributed by atoms with Gasteiger partial charge in [-0.25, -0.2) is 4.98 Å². The summed E-state index contributed by atoms with van der Waals surface area (Å²) < 4.78 is 1.92. The number of fused-ring (bicyclic) bond motifs is 1. The van der Waals surface area contributed by atoms with Crippen LogP contribution in [0.5, 0.6) is 0 Å². The Morgan fingerprint density at radius 2 is 2.08 bits per heavy atom. The minimum Gasteiger partial charge on any atom is -0.347 e. The van der Waals surface area contributed by atoms with Crippen LogP contribution in [0.2, 0.25) is 5.02 Å². The number of halogens is 1. The highest BCUT2D eigenvalue weighted by Crippen LogP contribution is 2.31. The lowest BCUT2D eigenvalue weighted by molar-refractivity contribution is -0.129. The van der Waals surface area contributed by atoms with E-state index in [0.717, 1.165) is 28.0 Å². The van der Waals surface area contributed by atoms with E-state index in [1.807, 2.05) is 48.0 Å². The van der Waals surface area contributed by atoms with Crippen LogP contribution in [0, 0.1) is 6.92 Å². The molecule has 6 heteroatoms. The van der Waals surface area contributed by atoms with Gasteiger partial charge in [0, 0.05) is 31.9 Å². The molecule has 2 aromatic heterocycles. The Morgan fingerprint density at radius 1 is 1.29 bits per heavy atom. The second-order valence-electron chi connectivity index (χ2n) is 5.88. The van der Waals surface area contributed by atoms with Crippen molar-refractivity contribution >= 4 is 39.9 Å². The Kier molecular flexibility index (Phi) is 4.44. The Hall–Kier alpha value is -2.53. The fourth-order valence-corrected chi connectivity index (χ4v) is 2.82. The Labute approximate surface area is 145 Å². The predicted octanol–water partition coefficient (Wildman–Crippen LogP) is 3.83. The molecule has 3 rings (SSSR count). The zero-order valence-electron chi connectivity index (χ0n) is 13.9. The number of para-hydroxylation sites is 1. The number of carbonyl (C=O) groups excluding carboxylic acids is 1. The third kappa shape index (κ3) is 3.08. The van der Waals surface area contributed by atoms with Crippen molar-refractivity contribution in [1.82, 2.24) is 14.5 Å². The van der Waals surface area contributed by atoms with E-state index in [4.69, 9.17) is 11.6 Å². The van der Waals surface area contributed by atoms with Gasteiger partial charge >= 0.3 is 0 Å². The monoisotopic (exact) mass is 342 g/mol. The largest absolute Gasteiger partial charge is 0.347 e. The maximum Gasteiger partial charge on any atom is 0.241 e. The van der Waals surface area contributed by atoms with E-state index in [1.165, 1.54) is 0 Å². The fourth-order valence-electron chi connectivity index (χ4n) is 2.56. The molecule has 0 aliphatic rings. The number of carbonyl (C=O) groups is 1. The van der Waals surface area contributed by atoms with Crippen LogP contribution in [0.25, 0.3) is 10.9 Å². The SMILES string of the molecule is Cc1cccc(Cl)c1Nc1nccc2c1ccn2CC(=O)N(C)C. The van der Waals surface area contributed by atoms with Crippen LogP contribution >= 0.6 is 11.6 Å². The minimum absolute atomic E-state index is 0.0424. The normalized spacial score (nSPS) is 10.8. The number of anilines is 2. The highest BCUT2D eigenvalue weighted by molar-refractivity contribution is 6.33. The van der Waals surface area contributed by atoms with Crippen molar-refractivity contribution in [1.29, 1.82) is 0 Å². The van der Waals surface area contributed by atoms with Crippen molar-refractivity contribution < 1.29 is 4.79 Å². The molecular formula is C18H19ClN4O. The third-order valence-electron chi connectivity index (χ3n) is 3.97. The predicted molar refractivity (Wildman–Crippen MR) is 97.9 cm³/mol. The summed E-state index contributed by atoms with van der Waals surface area (Å²) in [6.45, 7) is 2.29. The van der Waals surface area contributed by atoms with E-state index < -0.39 is 0 Å². The Bertz CT molecular complexity index is 881. The van der Waals surface area contributed by atoms with Crippen molar-refractivity contribution in [2.75, 3.05) is 19.4 Å². The molecule has 0 fully saturated rings. The minimum atomic E-state index is 0.0424. The lowest BCUT2D eigenvalue weighted by Gasteiger charge is -2.13. The molecule has 1 amide bonds. The fraction of sp³-hybridized carbons (Fsp3) is 0.222. The summed E-state index contributed by atoms with van der Waals surface area (Å²) in [7, 11) is 3.51. The van der Waals surface area contributed by atoms with E-state index in [1.54, 1.807) is 25.2 Å². The topological polar surface area (TPSA) is 50.2 Å². The number of aromatic nitrogens is 2. The molecule has 0 aliphatic heterocycles. The van der Waals surface area contributed by atoms with Gasteiger partial charge in [-0.2, -0.15) is 0 Å². The molecule has 0 spiro atoms. The average Bonchev–Trinajstić information content (AvgIpc) is 2.95. The van der Waals surface area contributed by atoms with Crippen molar-refractivity contribution in [2.24, 2.45) is 0 Å². The first-order valence-electron chi connectivity index (χ1n) is 7.63. The summed E-state index contributed by atoms with van der Waals surface area (Å²) >= 11 is 6.29. The molecule has 1 N–H and O–H groups in total. The van der Waals surface area contributed by atoms with Gasteiger partial charge < -0.3 is 14.8 Å². The first-order chi connectivity index (χ1) is 11.5.